The highest BCUT2D eigenvalue weighted by Crippen LogP contribution is 2.47. The Morgan fingerprint density at radius 2 is 1.95 bits per heavy atom. The molecule has 2 fully saturated rings. The highest BCUT2D eigenvalue weighted by Gasteiger charge is 2.58. The predicted octanol–water partition coefficient (Wildman–Crippen LogP) is 3.60. The maximum absolute atomic E-state index is 12.8. The molecule has 1 saturated heterocycles. The van der Waals surface area contributed by atoms with E-state index in [2.05, 4.69) is 15.4 Å². The molecule has 0 unspecified atom stereocenters. The normalized spacial score (nSPS) is 22.6. The number of hydrogen-bond acceptors (Lipinski definition) is 6. The molecule has 3 aromatic rings. The van der Waals surface area contributed by atoms with Crippen LogP contribution in [0.4, 0.5) is 24.8 Å². The van der Waals surface area contributed by atoms with Crippen molar-refractivity contribution in [1.82, 2.24) is 24.4 Å². The Hall–Kier alpha value is -3.93. The molecule has 2 aliphatic heterocycles. The Morgan fingerprint density at radius 3 is 2.62 bits per heavy atom. The van der Waals surface area contributed by atoms with Gasteiger partial charge in [0.1, 0.15) is 0 Å². The third-order valence-corrected chi connectivity index (χ3v) is 7.77. The molecule has 39 heavy (non-hydrogen) atoms. The van der Waals surface area contributed by atoms with E-state index in [1.165, 1.54) is 4.90 Å². The summed E-state index contributed by atoms with van der Waals surface area (Å²) in [5, 5.41) is 7.68. The van der Waals surface area contributed by atoms with Gasteiger partial charge < -0.3 is 20.9 Å². The van der Waals surface area contributed by atoms with Crippen LogP contribution in [0.25, 0.3) is 11.2 Å². The summed E-state index contributed by atoms with van der Waals surface area (Å²) in [6, 6.07) is 10.9. The monoisotopic (exact) mass is 539 g/mol. The number of carbonyl (C=O) groups is 2. The number of amides is 2. The lowest BCUT2D eigenvalue weighted by atomic mass is 10.00. The zero-order valence-corrected chi connectivity index (χ0v) is 21.1. The molecule has 204 valence electrons. The van der Waals surface area contributed by atoms with E-state index >= 15 is 0 Å². The first kappa shape index (κ1) is 25.4. The molecule has 0 spiro atoms. The lowest BCUT2D eigenvalue weighted by Gasteiger charge is -2.27. The number of halogens is 3. The molecule has 0 bridgehead atoms. The number of anilines is 2. The molecule has 3 aliphatic rings. The van der Waals surface area contributed by atoms with Gasteiger partial charge in [0.2, 0.25) is 11.9 Å². The van der Waals surface area contributed by atoms with Crippen LogP contribution in [-0.2, 0) is 4.79 Å². The van der Waals surface area contributed by atoms with Gasteiger partial charge in [-0.15, -0.1) is 5.10 Å². The van der Waals surface area contributed by atoms with E-state index in [1.807, 2.05) is 35.2 Å². The number of nitrogens with one attached hydrogen (secondary N) is 1. The van der Waals surface area contributed by atoms with Gasteiger partial charge in [0.25, 0.3) is 5.91 Å². The number of aromatic nitrogens is 3. The van der Waals surface area contributed by atoms with Crippen molar-refractivity contribution in [2.75, 3.05) is 31.5 Å². The van der Waals surface area contributed by atoms with Gasteiger partial charge in [-0.2, -0.15) is 18.2 Å². The maximum atomic E-state index is 12.8. The Bertz CT molecular complexity index is 1470. The molecule has 3 N–H and O–H groups in total. The van der Waals surface area contributed by atoms with Crippen molar-refractivity contribution in [3.63, 3.8) is 0 Å². The van der Waals surface area contributed by atoms with Crippen LogP contribution in [0.5, 0.6) is 0 Å². The lowest BCUT2D eigenvalue weighted by molar-refractivity contribution is -0.148. The summed E-state index contributed by atoms with van der Waals surface area (Å²) in [4.78, 5) is 32.9. The van der Waals surface area contributed by atoms with Crippen LogP contribution in [0.15, 0.2) is 48.7 Å². The first-order chi connectivity index (χ1) is 18.6. The Morgan fingerprint density at radius 1 is 1.15 bits per heavy atom. The van der Waals surface area contributed by atoms with E-state index < -0.39 is 24.9 Å². The van der Waals surface area contributed by atoms with Gasteiger partial charge in [0.05, 0.1) is 6.42 Å². The van der Waals surface area contributed by atoms with Gasteiger partial charge in [-0.1, -0.05) is 6.08 Å². The minimum atomic E-state index is -4.34. The standard InChI is InChI=1S/C27H28F3N7O2/c28-27(29,30)10-7-22(38)35-12-8-17(9-13-35)21-2-1-11-37-23(21)33-25(34-37)32-20-5-3-18(4-6-20)24(39)36-15-19-14-26(19,31)16-36/h1-6,8,11,19H,7,9-10,12-16,31H2,(H,32,34)/t19-,26-/m0/s1. The lowest BCUT2D eigenvalue weighted by Crippen LogP contribution is -2.36. The minimum absolute atomic E-state index is 0.0181. The average molecular weight is 540 g/mol. The number of piperidine rings is 1. The molecule has 9 nitrogen and oxygen atoms in total. The van der Waals surface area contributed by atoms with Crippen LogP contribution in [-0.4, -0.2) is 74.1 Å². The van der Waals surface area contributed by atoms with Crippen molar-refractivity contribution >= 4 is 34.7 Å². The maximum Gasteiger partial charge on any atom is 0.389 e. The Labute approximate surface area is 222 Å². The van der Waals surface area contributed by atoms with Crippen molar-refractivity contribution in [3.8, 4) is 0 Å². The van der Waals surface area contributed by atoms with Crippen LogP contribution >= 0.6 is 0 Å². The quantitative estimate of drug-likeness (QED) is 0.496. The van der Waals surface area contributed by atoms with Gasteiger partial charge in [0.15, 0.2) is 5.65 Å². The molecular weight excluding hydrogens is 511 g/mol. The number of fused-ring (bicyclic) bond motifs is 2. The fraction of sp³-hybridized carbons (Fsp3) is 0.407. The fourth-order valence-electron chi connectivity index (χ4n) is 5.45. The third-order valence-electron chi connectivity index (χ3n) is 7.77. The largest absolute Gasteiger partial charge is 0.389 e. The first-order valence-corrected chi connectivity index (χ1v) is 12.9. The van der Waals surface area contributed by atoms with E-state index in [4.69, 9.17) is 5.73 Å². The van der Waals surface area contributed by atoms with Crippen LogP contribution in [0.3, 0.4) is 0 Å². The smallest absolute Gasteiger partial charge is 0.339 e. The number of nitrogens with zero attached hydrogens (tertiary/aromatic N) is 5. The molecular formula is C27H28F3N7O2. The van der Waals surface area contributed by atoms with E-state index in [9.17, 15) is 22.8 Å². The molecule has 12 heteroatoms. The number of rotatable bonds is 6. The molecule has 1 aromatic carbocycles. The van der Waals surface area contributed by atoms with Crippen LogP contribution in [0.1, 0.15) is 41.6 Å². The average Bonchev–Trinajstić information content (AvgIpc) is 3.21. The van der Waals surface area contributed by atoms with E-state index in [0.29, 0.717) is 49.1 Å². The number of pyridine rings is 1. The predicted molar refractivity (Wildman–Crippen MR) is 138 cm³/mol. The molecule has 1 saturated carbocycles. The number of carbonyl (C=O) groups excluding carboxylic acids is 2. The fourth-order valence-corrected chi connectivity index (χ4v) is 5.45. The summed E-state index contributed by atoms with van der Waals surface area (Å²) < 4.78 is 39.0. The van der Waals surface area contributed by atoms with Crippen LogP contribution in [0, 0.1) is 5.92 Å². The van der Waals surface area contributed by atoms with E-state index in [1.54, 1.807) is 22.8 Å². The number of alkyl halides is 3. The van der Waals surface area contributed by atoms with Gasteiger partial charge >= 0.3 is 6.18 Å². The minimum Gasteiger partial charge on any atom is -0.339 e. The molecule has 0 radical (unpaired) electrons. The summed E-state index contributed by atoms with van der Waals surface area (Å²) >= 11 is 0. The highest BCUT2D eigenvalue weighted by molar-refractivity contribution is 5.95. The van der Waals surface area contributed by atoms with Crippen molar-refractivity contribution < 1.29 is 22.8 Å². The third kappa shape index (κ3) is 5.20. The van der Waals surface area contributed by atoms with Crippen LogP contribution in [0.2, 0.25) is 0 Å². The van der Waals surface area contributed by atoms with Gasteiger partial charge in [0, 0.05) is 61.1 Å². The van der Waals surface area contributed by atoms with Crippen molar-refractivity contribution in [2.24, 2.45) is 11.7 Å². The number of hydrogen-bond donors (Lipinski definition) is 2. The van der Waals surface area contributed by atoms with Gasteiger partial charge in [-0.25, -0.2) is 4.52 Å². The van der Waals surface area contributed by atoms with Crippen LogP contribution < -0.4 is 11.1 Å². The van der Waals surface area contributed by atoms with Crippen molar-refractivity contribution in [3.05, 3.63) is 59.8 Å². The summed E-state index contributed by atoms with van der Waals surface area (Å²) in [6.45, 7) is 1.92. The second-order valence-electron chi connectivity index (χ2n) is 10.6. The number of likely N-dealkylation sites (tertiary alicyclic amines) is 1. The summed E-state index contributed by atoms with van der Waals surface area (Å²) in [5.41, 5.74) is 9.80. The number of benzene rings is 1. The molecule has 4 heterocycles. The van der Waals surface area contributed by atoms with Crippen molar-refractivity contribution in [2.45, 2.75) is 37.4 Å². The topological polar surface area (TPSA) is 109 Å². The molecule has 2 atom stereocenters. The summed E-state index contributed by atoms with van der Waals surface area (Å²) in [5.74, 6) is 0.285. The second kappa shape index (κ2) is 9.37. The highest BCUT2D eigenvalue weighted by atomic mass is 19.4. The summed E-state index contributed by atoms with van der Waals surface area (Å²) in [7, 11) is 0. The van der Waals surface area contributed by atoms with E-state index in [0.717, 1.165) is 23.2 Å². The van der Waals surface area contributed by atoms with Gasteiger partial charge in [-0.05, 0) is 60.7 Å². The zero-order chi connectivity index (χ0) is 27.4. The SMILES string of the molecule is N[C@]12C[C@H]1CN(C(=O)c1ccc(Nc3nc4c(C5=CCN(C(=O)CCC(F)(F)F)CC5)cccn4n3)cc1)C2. The first-order valence-electron chi connectivity index (χ1n) is 12.9. The number of nitrogens with two attached hydrogens (primary N) is 1. The molecule has 6 rings (SSSR count). The zero-order valence-electron chi connectivity index (χ0n) is 21.1. The van der Waals surface area contributed by atoms with Gasteiger partial charge in [-0.3, -0.25) is 9.59 Å². The molecule has 2 amide bonds. The van der Waals surface area contributed by atoms with E-state index in [-0.39, 0.29) is 18.0 Å². The van der Waals surface area contributed by atoms with Crippen molar-refractivity contribution in [1.29, 1.82) is 0 Å². The molecule has 1 aliphatic carbocycles. The second-order valence-corrected chi connectivity index (χ2v) is 10.6. The Kier molecular flexibility index (Phi) is 6.09. The Balaban J connectivity index is 1.12. The summed E-state index contributed by atoms with van der Waals surface area (Å²) in [6.07, 6.45) is -0.856. The molecule has 2 aromatic heterocycles.